The molecule has 2 aromatic rings. The van der Waals surface area contributed by atoms with Gasteiger partial charge in [0.25, 0.3) is 0 Å². The Morgan fingerprint density at radius 1 is 1.09 bits per heavy atom. The van der Waals surface area contributed by atoms with Crippen LogP contribution in [0.15, 0.2) is 53.0 Å². The number of ether oxygens (including phenoxy) is 1. The molecule has 4 nitrogen and oxygen atoms in total. The van der Waals surface area contributed by atoms with Crippen molar-refractivity contribution in [3.8, 4) is 5.75 Å². The smallest absolute Gasteiger partial charge is 0.315 e. The van der Waals surface area contributed by atoms with Crippen LogP contribution in [0.4, 0.5) is 4.79 Å². The second-order valence-corrected chi connectivity index (χ2v) is 5.75. The molecule has 0 unspecified atom stereocenters. The van der Waals surface area contributed by atoms with Crippen molar-refractivity contribution < 1.29 is 9.53 Å². The monoisotopic (exact) mass is 362 g/mol. The molecule has 0 heterocycles. The van der Waals surface area contributed by atoms with E-state index < -0.39 is 0 Å². The molecule has 0 aliphatic rings. The first-order valence-electron chi connectivity index (χ1n) is 7.06. The lowest BCUT2D eigenvalue weighted by molar-refractivity contribution is 0.240. The zero-order valence-electron chi connectivity index (χ0n) is 12.4. The highest BCUT2D eigenvalue weighted by Gasteiger charge is 2.01. The number of halogens is 1. The first-order valence-corrected chi connectivity index (χ1v) is 7.86. The van der Waals surface area contributed by atoms with Crippen LogP contribution < -0.4 is 15.4 Å². The summed E-state index contributed by atoms with van der Waals surface area (Å²) in [4.78, 5) is 11.8. The van der Waals surface area contributed by atoms with Crippen molar-refractivity contribution in [3.63, 3.8) is 0 Å². The summed E-state index contributed by atoms with van der Waals surface area (Å²) in [6, 6.07) is 15.5. The van der Waals surface area contributed by atoms with E-state index in [1.165, 1.54) is 5.56 Å². The number of carbonyl (C=O) groups is 1. The number of hydrogen-bond acceptors (Lipinski definition) is 2. The molecular formula is C17H19BrN2O2. The molecule has 0 aromatic heterocycles. The van der Waals surface area contributed by atoms with E-state index in [0.29, 0.717) is 13.1 Å². The van der Waals surface area contributed by atoms with Crippen molar-refractivity contribution in [2.24, 2.45) is 0 Å². The first kappa shape index (κ1) is 16.4. The van der Waals surface area contributed by atoms with Crippen LogP contribution in [0.1, 0.15) is 11.1 Å². The van der Waals surface area contributed by atoms with Gasteiger partial charge in [0.2, 0.25) is 0 Å². The van der Waals surface area contributed by atoms with Gasteiger partial charge in [0, 0.05) is 17.6 Å². The summed E-state index contributed by atoms with van der Waals surface area (Å²) in [6.07, 6.45) is 0.805. The molecule has 0 spiro atoms. The number of urea groups is 1. The highest BCUT2D eigenvalue weighted by molar-refractivity contribution is 9.10. The van der Waals surface area contributed by atoms with Crippen LogP contribution >= 0.6 is 15.9 Å². The predicted octanol–water partition coefficient (Wildman–Crippen LogP) is 3.50. The van der Waals surface area contributed by atoms with Crippen molar-refractivity contribution in [2.75, 3.05) is 13.7 Å². The quantitative estimate of drug-likeness (QED) is 0.826. The SMILES string of the molecule is COc1cccc(CNC(=O)NCCc2ccc(Br)cc2)c1. The summed E-state index contributed by atoms with van der Waals surface area (Å²) >= 11 is 3.40. The van der Waals surface area contributed by atoms with Gasteiger partial charge in [-0.2, -0.15) is 0 Å². The average Bonchev–Trinajstić information content (AvgIpc) is 2.55. The van der Waals surface area contributed by atoms with Crippen LogP contribution in [-0.4, -0.2) is 19.7 Å². The minimum absolute atomic E-state index is 0.167. The van der Waals surface area contributed by atoms with Crippen LogP contribution in [0.25, 0.3) is 0 Å². The van der Waals surface area contributed by atoms with Crippen LogP contribution in [0.3, 0.4) is 0 Å². The molecule has 2 N–H and O–H groups in total. The second kappa shape index (κ2) is 8.44. The fourth-order valence-corrected chi connectivity index (χ4v) is 2.26. The van der Waals surface area contributed by atoms with Crippen molar-refractivity contribution >= 4 is 22.0 Å². The lowest BCUT2D eigenvalue weighted by Gasteiger charge is -2.09. The molecule has 116 valence electrons. The summed E-state index contributed by atoms with van der Waals surface area (Å²) in [6.45, 7) is 1.08. The Balaban J connectivity index is 1.70. The number of rotatable bonds is 6. The summed E-state index contributed by atoms with van der Waals surface area (Å²) in [5.74, 6) is 0.787. The molecule has 2 amide bonds. The lowest BCUT2D eigenvalue weighted by Crippen LogP contribution is -2.36. The van der Waals surface area contributed by atoms with E-state index in [-0.39, 0.29) is 6.03 Å². The zero-order chi connectivity index (χ0) is 15.8. The highest BCUT2D eigenvalue weighted by atomic mass is 79.9. The van der Waals surface area contributed by atoms with Gasteiger partial charge in [0.15, 0.2) is 0 Å². The van der Waals surface area contributed by atoms with Crippen molar-refractivity contribution in [1.29, 1.82) is 0 Å². The maximum Gasteiger partial charge on any atom is 0.315 e. The Kier molecular flexibility index (Phi) is 6.27. The molecule has 0 aliphatic heterocycles. The molecule has 0 fully saturated rings. The average molecular weight is 363 g/mol. The van der Waals surface area contributed by atoms with Crippen LogP contribution in [0.2, 0.25) is 0 Å². The fourth-order valence-electron chi connectivity index (χ4n) is 2.00. The first-order chi connectivity index (χ1) is 10.7. The van der Waals surface area contributed by atoms with E-state index in [1.54, 1.807) is 7.11 Å². The maximum atomic E-state index is 11.8. The van der Waals surface area contributed by atoms with E-state index >= 15 is 0 Å². The Morgan fingerprint density at radius 2 is 1.86 bits per heavy atom. The van der Waals surface area contributed by atoms with Crippen LogP contribution in [0, 0.1) is 0 Å². The van der Waals surface area contributed by atoms with E-state index in [0.717, 1.165) is 22.2 Å². The number of amides is 2. The normalized spacial score (nSPS) is 10.1. The van der Waals surface area contributed by atoms with Gasteiger partial charge in [-0.1, -0.05) is 40.2 Å². The number of methoxy groups -OCH3 is 1. The minimum atomic E-state index is -0.167. The highest BCUT2D eigenvalue weighted by Crippen LogP contribution is 2.12. The molecular weight excluding hydrogens is 344 g/mol. The summed E-state index contributed by atoms with van der Waals surface area (Å²) in [5.41, 5.74) is 2.19. The molecule has 2 rings (SSSR count). The number of nitrogens with one attached hydrogen (secondary N) is 2. The zero-order valence-corrected chi connectivity index (χ0v) is 14.0. The molecule has 22 heavy (non-hydrogen) atoms. The van der Waals surface area contributed by atoms with Crippen molar-refractivity contribution in [2.45, 2.75) is 13.0 Å². The Hall–Kier alpha value is -2.01. The van der Waals surface area contributed by atoms with Gasteiger partial charge in [-0.25, -0.2) is 4.79 Å². The molecule has 2 aromatic carbocycles. The van der Waals surface area contributed by atoms with Gasteiger partial charge >= 0.3 is 6.03 Å². The fraction of sp³-hybridized carbons (Fsp3) is 0.235. The van der Waals surface area contributed by atoms with E-state index in [1.807, 2.05) is 48.5 Å². The summed E-state index contributed by atoms with van der Waals surface area (Å²) in [5, 5.41) is 5.68. The lowest BCUT2D eigenvalue weighted by atomic mass is 10.1. The number of benzene rings is 2. The topological polar surface area (TPSA) is 50.4 Å². The summed E-state index contributed by atoms with van der Waals surface area (Å²) < 4.78 is 6.21. The molecule has 0 saturated carbocycles. The third kappa shape index (κ3) is 5.41. The Bertz CT molecular complexity index is 614. The Morgan fingerprint density at radius 3 is 2.59 bits per heavy atom. The van der Waals surface area contributed by atoms with Gasteiger partial charge < -0.3 is 15.4 Å². The molecule has 0 radical (unpaired) electrons. The molecule has 0 bridgehead atoms. The van der Waals surface area contributed by atoms with Crippen LogP contribution in [0.5, 0.6) is 5.75 Å². The predicted molar refractivity (Wildman–Crippen MR) is 91.1 cm³/mol. The van der Waals surface area contributed by atoms with E-state index in [2.05, 4.69) is 26.6 Å². The summed E-state index contributed by atoms with van der Waals surface area (Å²) in [7, 11) is 1.63. The minimum Gasteiger partial charge on any atom is -0.497 e. The number of hydrogen-bond donors (Lipinski definition) is 2. The molecule has 0 aliphatic carbocycles. The van der Waals surface area contributed by atoms with Gasteiger partial charge in [0.05, 0.1) is 7.11 Å². The van der Waals surface area contributed by atoms with Gasteiger partial charge in [-0.3, -0.25) is 0 Å². The molecule has 0 atom stereocenters. The van der Waals surface area contributed by atoms with Gasteiger partial charge in [0.1, 0.15) is 5.75 Å². The third-order valence-corrected chi connectivity index (χ3v) is 3.73. The van der Waals surface area contributed by atoms with Gasteiger partial charge in [-0.05, 0) is 41.8 Å². The molecule has 0 saturated heterocycles. The van der Waals surface area contributed by atoms with Crippen molar-refractivity contribution in [3.05, 3.63) is 64.1 Å². The number of carbonyl (C=O) groups excluding carboxylic acids is 1. The Labute approximate surface area is 139 Å². The standard InChI is InChI=1S/C17H19BrN2O2/c1-22-16-4-2-3-14(11-16)12-20-17(21)19-10-9-13-5-7-15(18)8-6-13/h2-8,11H,9-10,12H2,1H3,(H2,19,20,21). The van der Waals surface area contributed by atoms with E-state index in [4.69, 9.17) is 4.74 Å². The largest absolute Gasteiger partial charge is 0.497 e. The third-order valence-electron chi connectivity index (χ3n) is 3.20. The van der Waals surface area contributed by atoms with Crippen molar-refractivity contribution in [1.82, 2.24) is 10.6 Å². The molecule has 5 heteroatoms. The second-order valence-electron chi connectivity index (χ2n) is 4.84. The maximum absolute atomic E-state index is 11.8. The van der Waals surface area contributed by atoms with Gasteiger partial charge in [-0.15, -0.1) is 0 Å². The van der Waals surface area contributed by atoms with Crippen LogP contribution in [-0.2, 0) is 13.0 Å². The van der Waals surface area contributed by atoms with E-state index in [9.17, 15) is 4.79 Å².